The van der Waals surface area contributed by atoms with Gasteiger partial charge in [0.05, 0.1) is 16.0 Å². The molecule has 8 heteroatoms. The van der Waals surface area contributed by atoms with Gasteiger partial charge >= 0.3 is 0 Å². The third-order valence-corrected chi connectivity index (χ3v) is 4.94. The smallest absolute Gasteiger partial charge is 0.288 e. The highest BCUT2D eigenvalue weighted by molar-refractivity contribution is 9.11. The number of rotatable bonds is 5. The maximum atomic E-state index is 11.6. The molecule has 1 aliphatic rings. The predicted octanol–water partition coefficient (Wildman–Crippen LogP) is 1.86. The van der Waals surface area contributed by atoms with Gasteiger partial charge in [-0.2, -0.15) is 0 Å². The third kappa shape index (κ3) is 4.05. The average molecular weight is 363 g/mol. The van der Waals surface area contributed by atoms with Crippen LogP contribution in [0.25, 0.3) is 0 Å². The van der Waals surface area contributed by atoms with Crippen molar-refractivity contribution in [3.63, 3.8) is 0 Å². The van der Waals surface area contributed by atoms with Crippen LogP contribution in [0.5, 0.6) is 0 Å². The molecule has 0 atom stereocenters. The largest absolute Gasteiger partial charge is 0.354 e. The molecule has 1 fully saturated rings. The van der Waals surface area contributed by atoms with E-state index in [1.165, 1.54) is 16.2 Å². The number of hydrogen-bond donors (Lipinski definition) is 1. The molecule has 1 saturated heterocycles. The lowest BCUT2D eigenvalue weighted by Gasteiger charge is -2.12. The summed E-state index contributed by atoms with van der Waals surface area (Å²) < 4.78 is 0.987. The fourth-order valence-electron chi connectivity index (χ4n) is 1.57. The Balaban J connectivity index is 1.72. The molecule has 0 aromatic carbocycles. The summed E-state index contributed by atoms with van der Waals surface area (Å²) >= 11 is 5.84. The van der Waals surface area contributed by atoms with E-state index in [1.807, 2.05) is 12.1 Å². The van der Waals surface area contributed by atoms with Gasteiger partial charge in [-0.15, -0.1) is 11.3 Å². The first kappa shape index (κ1) is 14.5. The number of nitrogens with one attached hydrogen (secondary N) is 1. The van der Waals surface area contributed by atoms with Crippen LogP contribution in [0.15, 0.2) is 15.9 Å². The van der Waals surface area contributed by atoms with Gasteiger partial charge in [0.1, 0.15) is 0 Å². The Labute approximate surface area is 126 Å². The van der Waals surface area contributed by atoms with Gasteiger partial charge < -0.3 is 5.32 Å². The van der Waals surface area contributed by atoms with Crippen LogP contribution in [0.1, 0.15) is 4.88 Å². The van der Waals surface area contributed by atoms with Gasteiger partial charge in [0.2, 0.25) is 11.8 Å². The van der Waals surface area contributed by atoms with E-state index in [4.69, 9.17) is 0 Å². The fourth-order valence-corrected chi connectivity index (χ4v) is 3.81. The van der Waals surface area contributed by atoms with Crippen LogP contribution in [0.2, 0.25) is 0 Å². The summed E-state index contributed by atoms with van der Waals surface area (Å²) in [5, 5.41) is 2.47. The van der Waals surface area contributed by atoms with Crippen molar-refractivity contribution in [1.29, 1.82) is 0 Å². The molecule has 5 nitrogen and oxygen atoms in total. The second-order valence-corrected chi connectivity index (χ2v) is 7.31. The molecule has 19 heavy (non-hydrogen) atoms. The van der Waals surface area contributed by atoms with E-state index in [1.54, 1.807) is 0 Å². The predicted molar refractivity (Wildman–Crippen MR) is 78.3 cm³/mol. The standard InChI is InChI=1S/C11H11BrN2O3S2/c12-8-2-1-7(19-8)5-9(15)13-3-4-14-10(16)6-18-11(14)17/h1-2H,3-6H2,(H,13,15). The summed E-state index contributed by atoms with van der Waals surface area (Å²) in [6.07, 6.45) is 0.312. The Morgan fingerprint density at radius 2 is 2.21 bits per heavy atom. The Morgan fingerprint density at radius 3 is 2.79 bits per heavy atom. The first-order valence-electron chi connectivity index (χ1n) is 5.54. The van der Waals surface area contributed by atoms with Crippen LogP contribution in [-0.4, -0.2) is 40.8 Å². The van der Waals surface area contributed by atoms with Crippen molar-refractivity contribution in [2.75, 3.05) is 18.8 Å². The molecule has 0 unspecified atom stereocenters. The highest BCUT2D eigenvalue weighted by atomic mass is 79.9. The zero-order valence-electron chi connectivity index (χ0n) is 9.85. The van der Waals surface area contributed by atoms with Gasteiger partial charge in [-0.3, -0.25) is 19.3 Å². The van der Waals surface area contributed by atoms with E-state index in [-0.39, 0.29) is 29.4 Å². The molecule has 0 spiro atoms. The van der Waals surface area contributed by atoms with Gasteiger partial charge in [-0.25, -0.2) is 0 Å². The summed E-state index contributed by atoms with van der Waals surface area (Å²) in [4.78, 5) is 36.4. The molecule has 0 radical (unpaired) electrons. The van der Waals surface area contributed by atoms with Crippen LogP contribution in [0.3, 0.4) is 0 Å². The molecular weight excluding hydrogens is 352 g/mol. The lowest BCUT2D eigenvalue weighted by Crippen LogP contribution is -2.37. The van der Waals surface area contributed by atoms with Crippen LogP contribution in [0.4, 0.5) is 4.79 Å². The average Bonchev–Trinajstić information content (AvgIpc) is 2.89. The highest BCUT2D eigenvalue weighted by Gasteiger charge is 2.29. The SMILES string of the molecule is O=C(Cc1ccc(Br)s1)NCCN1C(=O)CSC1=O. The Morgan fingerprint density at radius 1 is 1.42 bits per heavy atom. The summed E-state index contributed by atoms with van der Waals surface area (Å²) in [5.41, 5.74) is 0. The van der Waals surface area contributed by atoms with Crippen molar-refractivity contribution < 1.29 is 14.4 Å². The monoisotopic (exact) mass is 362 g/mol. The molecule has 3 amide bonds. The summed E-state index contributed by atoms with van der Waals surface area (Å²) in [6, 6.07) is 3.78. The first-order chi connectivity index (χ1) is 9.06. The Hall–Kier alpha value is -0.860. The maximum Gasteiger partial charge on any atom is 0.288 e. The summed E-state index contributed by atoms with van der Waals surface area (Å²) in [7, 11) is 0. The molecule has 2 rings (SSSR count). The van der Waals surface area contributed by atoms with Gasteiger partial charge in [0, 0.05) is 18.0 Å². The minimum atomic E-state index is -0.235. The van der Waals surface area contributed by atoms with Gasteiger partial charge in [0.15, 0.2) is 0 Å². The number of amides is 3. The number of carbonyl (C=O) groups is 3. The molecule has 0 aliphatic carbocycles. The van der Waals surface area contributed by atoms with Crippen LogP contribution < -0.4 is 5.32 Å². The van der Waals surface area contributed by atoms with E-state index >= 15 is 0 Å². The fraction of sp³-hybridized carbons (Fsp3) is 0.364. The lowest BCUT2D eigenvalue weighted by molar-refractivity contribution is -0.125. The number of imide groups is 1. The van der Waals surface area contributed by atoms with Crippen molar-refractivity contribution in [2.45, 2.75) is 6.42 Å². The number of nitrogens with zero attached hydrogens (tertiary/aromatic N) is 1. The van der Waals surface area contributed by atoms with E-state index in [0.29, 0.717) is 13.0 Å². The molecule has 1 N–H and O–H groups in total. The molecule has 1 aromatic rings. The van der Waals surface area contributed by atoms with Gasteiger partial charge in [-0.1, -0.05) is 11.8 Å². The van der Waals surface area contributed by atoms with Gasteiger partial charge in [-0.05, 0) is 28.1 Å². The van der Waals surface area contributed by atoms with Crippen LogP contribution in [0, 0.1) is 0 Å². The Kier molecular flexibility index (Phi) is 5.00. The molecular formula is C11H11BrN2O3S2. The second-order valence-electron chi connectivity index (χ2n) is 3.83. The highest BCUT2D eigenvalue weighted by Crippen LogP contribution is 2.22. The second kappa shape index (κ2) is 6.53. The molecule has 2 heterocycles. The molecule has 0 bridgehead atoms. The molecule has 1 aromatic heterocycles. The van der Waals surface area contributed by atoms with Crippen molar-refractivity contribution >= 4 is 56.1 Å². The summed E-state index contributed by atoms with van der Waals surface area (Å²) in [6.45, 7) is 0.536. The van der Waals surface area contributed by atoms with Crippen LogP contribution in [-0.2, 0) is 16.0 Å². The van der Waals surface area contributed by atoms with E-state index in [2.05, 4.69) is 21.2 Å². The maximum absolute atomic E-state index is 11.6. The molecule has 0 saturated carbocycles. The zero-order chi connectivity index (χ0) is 13.8. The van der Waals surface area contributed by atoms with Crippen molar-refractivity contribution in [2.24, 2.45) is 0 Å². The minimum absolute atomic E-state index is 0.110. The normalized spacial score (nSPS) is 15.1. The number of thioether (sulfide) groups is 1. The lowest BCUT2D eigenvalue weighted by atomic mass is 10.3. The number of carbonyl (C=O) groups excluding carboxylic acids is 3. The number of halogens is 1. The van der Waals surface area contributed by atoms with Crippen molar-refractivity contribution in [3.8, 4) is 0 Å². The van der Waals surface area contributed by atoms with Crippen molar-refractivity contribution in [1.82, 2.24) is 10.2 Å². The van der Waals surface area contributed by atoms with Crippen LogP contribution >= 0.6 is 39.0 Å². The number of hydrogen-bond acceptors (Lipinski definition) is 5. The van der Waals surface area contributed by atoms with E-state index in [9.17, 15) is 14.4 Å². The minimum Gasteiger partial charge on any atom is -0.354 e. The zero-order valence-corrected chi connectivity index (χ0v) is 13.1. The van der Waals surface area contributed by atoms with Crippen molar-refractivity contribution in [3.05, 3.63) is 20.8 Å². The molecule has 102 valence electrons. The quantitative estimate of drug-likeness (QED) is 0.867. The Bertz CT molecular complexity index is 502. The van der Waals surface area contributed by atoms with E-state index < -0.39 is 0 Å². The molecule has 1 aliphatic heterocycles. The first-order valence-corrected chi connectivity index (χ1v) is 8.14. The van der Waals surface area contributed by atoms with E-state index in [0.717, 1.165) is 20.4 Å². The number of thiophene rings is 1. The topological polar surface area (TPSA) is 66.5 Å². The van der Waals surface area contributed by atoms with Gasteiger partial charge in [0.25, 0.3) is 5.24 Å². The third-order valence-electron chi connectivity index (χ3n) is 2.46. The summed E-state index contributed by atoms with van der Waals surface area (Å²) in [5.74, 6) is -0.0942.